The number of non-ortho nitro benzene ring substituents is 1. The highest BCUT2D eigenvalue weighted by Gasteiger charge is 2.47. The average Bonchev–Trinajstić information content (AvgIpc) is 2.24. The van der Waals surface area contributed by atoms with Crippen molar-refractivity contribution in [1.82, 2.24) is 0 Å². The van der Waals surface area contributed by atoms with Crippen molar-refractivity contribution in [1.29, 1.82) is 5.26 Å². The van der Waals surface area contributed by atoms with Gasteiger partial charge >= 0.3 is 0 Å². The van der Waals surface area contributed by atoms with Crippen LogP contribution in [0.2, 0.25) is 0 Å². The average molecular weight is 234 g/mol. The summed E-state index contributed by atoms with van der Waals surface area (Å²) in [5.41, 5.74) is -1.45. The van der Waals surface area contributed by atoms with Crippen LogP contribution in [0.5, 0.6) is 0 Å². The molecule has 0 radical (unpaired) electrons. The summed E-state index contributed by atoms with van der Waals surface area (Å²) in [7, 11) is 0. The van der Waals surface area contributed by atoms with Crippen molar-refractivity contribution in [3.63, 3.8) is 0 Å². The highest BCUT2D eigenvalue weighted by atomic mass is 19.1. The maximum atomic E-state index is 13.7. The van der Waals surface area contributed by atoms with Crippen LogP contribution in [0, 0.1) is 27.3 Å². The van der Waals surface area contributed by atoms with Crippen LogP contribution in [-0.4, -0.2) is 10.7 Å². The number of nitrogens with zero attached hydrogens (tertiary/aromatic N) is 2. The predicted octanol–water partition coefficient (Wildman–Crippen LogP) is 1.86. The Labute approximate surface area is 95.6 Å². The van der Waals surface area contributed by atoms with E-state index in [-0.39, 0.29) is 29.9 Å². The van der Waals surface area contributed by atoms with Gasteiger partial charge in [0.05, 0.1) is 22.5 Å². The van der Waals surface area contributed by atoms with E-state index in [9.17, 15) is 19.3 Å². The van der Waals surface area contributed by atoms with Gasteiger partial charge in [-0.05, 0) is 6.07 Å². The fourth-order valence-corrected chi connectivity index (χ4v) is 1.96. The Morgan fingerprint density at radius 1 is 1.47 bits per heavy atom. The molecule has 1 aromatic carbocycles. The lowest BCUT2D eigenvalue weighted by molar-refractivity contribution is -0.385. The van der Waals surface area contributed by atoms with Crippen molar-refractivity contribution < 1.29 is 14.1 Å². The summed E-state index contributed by atoms with van der Waals surface area (Å²) >= 11 is 0. The summed E-state index contributed by atoms with van der Waals surface area (Å²) < 4.78 is 13.7. The molecule has 1 aliphatic carbocycles. The molecule has 1 fully saturated rings. The minimum absolute atomic E-state index is 0.0295. The van der Waals surface area contributed by atoms with E-state index in [0.29, 0.717) is 0 Å². The van der Waals surface area contributed by atoms with Gasteiger partial charge in [0.25, 0.3) is 5.69 Å². The van der Waals surface area contributed by atoms with Crippen molar-refractivity contribution in [2.75, 3.05) is 0 Å². The monoisotopic (exact) mass is 234 g/mol. The van der Waals surface area contributed by atoms with E-state index in [1.54, 1.807) is 0 Å². The highest BCUT2D eigenvalue weighted by Crippen LogP contribution is 2.42. The summed E-state index contributed by atoms with van der Waals surface area (Å²) in [5.74, 6) is -0.919. The number of nitro benzene ring substituents is 1. The second kappa shape index (κ2) is 3.63. The fraction of sp³-hybridized carbons (Fsp3) is 0.273. The normalized spacial score (nSPS) is 17.1. The van der Waals surface area contributed by atoms with Gasteiger partial charge in [-0.3, -0.25) is 14.9 Å². The smallest absolute Gasteiger partial charge is 0.272 e. The Bertz CT molecular complexity index is 554. The Morgan fingerprint density at radius 3 is 2.53 bits per heavy atom. The number of rotatable bonds is 2. The molecule has 0 bridgehead atoms. The lowest BCUT2D eigenvalue weighted by Crippen LogP contribution is -2.41. The van der Waals surface area contributed by atoms with E-state index in [1.807, 2.05) is 6.07 Å². The molecule has 2 rings (SSSR count). The molecule has 0 spiro atoms. The lowest BCUT2D eigenvalue weighted by atomic mass is 9.64. The van der Waals surface area contributed by atoms with Crippen LogP contribution < -0.4 is 0 Å². The molecular weight excluding hydrogens is 227 g/mol. The Morgan fingerprint density at radius 2 is 2.12 bits per heavy atom. The molecule has 0 aromatic heterocycles. The lowest BCUT2D eigenvalue weighted by Gasteiger charge is -2.34. The molecule has 6 heteroatoms. The predicted molar refractivity (Wildman–Crippen MR) is 54.6 cm³/mol. The summed E-state index contributed by atoms with van der Waals surface area (Å²) in [5, 5.41) is 19.4. The van der Waals surface area contributed by atoms with E-state index in [0.717, 1.165) is 12.1 Å². The first kappa shape index (κ1) is 11.2. The summed E-state index contributed by atoms with van der Waals surface area (Å²) in [6, 6.07) is 5.05. The number of benzene rings is 1. The maximum absolute atomic E-state index is 13.7. The third-order valence-corrected chi connectivity index (χ3v) is 2.89. The molecule has 1 aromatic rings. The van der Waals surface area contributed by atoms with Crippen LogP contribution in [0.3, 0.4) is 0 Å². The van der Waals surface area contributed by atoms with E-state index >= 15 is 0 Å². The minimum Gasteiger partial charge on any atom is -0.300 e. The van der Waals surface area contributed by atoms with Crippen LogP contribution in [0.25, 0.3) is 0 Å². The van der Waals surface area contributed by atoms with Crippen LogP contribution in [0.4, 0.5) is 10.1 Å². The SMILES string of the molecule is N#CC1(c2ccc([N+](=O)[O-])cc2F)CC(=O)C1. The number of carbonyl (C=O) groups excluding carboxylic acids is 1. The fourth-order valence-electron chi connectivity index (χ4n) is 1.96. The van der Waals surface area contributed by atoms with E-state index in [2.05, 4.69) is 0 Å². The molecule has 1 saturated carbocycles. The van der Waals surface area contributed by atoms with Crippen molar-refractivity contribution in [3.05, 3.63) is 39.7 Å². The topological polar surface area (TPSA) is 84.0 Å². The van der Waals surface area contributed by atoms with Crippen molar-refractivity contribution in [2.45, 2.75) is 18.3 Å². The zero-order valence-corrected chi connectivity index (χ0v) is 8.64. The molecule has 0 unspecified atom stereocenters. The molecular formula is C11H7FN2O3. The number of halogens is 1. The summed E-state index contributed by atoms with van der Waals surface area (Å²) in [6.45, 7) is 0. The third kappa shape index (κ3) is 1.65. The standard InChI is InChI=1S/C11H7FN2O3/c12-10-3-7(14(16)17)1-2-9(10)11(6-13)4-8(15)5-11/h1-3H,4-5H2. The number of nitro groups is 1. The second-order valence-corrected chi connectivity index (χ2v) is 4.01. The van der Waals surface area contributed by atoms with E-state index in [1.165, 1.54) is 6.07 Å². The quantitative estimate of drug-likeness (QED) is 0.577. The molecule has 5 nitrogen and oxygen atoms in total. The van der Waals surface area contributed by atoms with Crippen LogP contribution >= 0.6 is 0 Å². The molecule has 0 heterocycles. The van der Waals surface area contributed by atoms with Gasteiger partial charge in [0, 0.05) is 24.5 Å². The van der Waals surface area contributed by atoms with Crippen LogP contribution in [0.1, 0.15) is 18.4 Å². The highest BCUT2D eigenvalue weighted by molar-refractivity contribution is 5.90. The van der Waals surface area contributed by atoms with Gasteiger partial charge < -0.3 is 0 Å². The Hall–Kier alpha value is -2.29. The zero-order valence-electron chi connectivity index (χ0n) is 8.64. The number of nitriles is 1. The Kier molecular flexibility index (Phi) is 2.39. The van der Waals surface area contributed by atoms with Crippen LogP contribution in [-0.2, 0) is 10.2 Å². The first-order valence-corrected chi connectivity index (χ1v) is 4.86. The minimum atomic E-state index is -1.14. The second-order valence-electron chi connectivity index (χ2n) is 4.01. The Balaban J connectivity index is 2.44. The summed E-state index contributed by atoms with van der Waals surface area (Å²) in [6.07, 6.45) is -0.0591. The van der Waals surface area contributed by atoms with Crippen molar-refractivity contribution in [2.24, 2.45) is 0 Å². The molecule has 86 valence electrons. The van der Waals surface area contributed by atoms with Gasteiger partial charge in [-0.15, -0.1) is 0 Å². The number of ketones is 1. The first-order chi connectivity index (χ1) is 7.98. The number of hydrogen-bond donors (Lipinski definition) is 0. The molecule has 0 aliphatic heterocycles. The summed E-state index contributed by atoms with van der Waals surface area (Å²) in [4.78, 5) is 20.7. The van der Waals surface area contributed by atoms with Gasteiger partial charge in [-0.2, -0.15) is 5.26 Å². The molecule has 17 heavy (non-hydrogen) atoms. The van der Waals surface area contributed by atoms with Gasteiger partial charge in [0.1, 0.15) is 11.6 Å². The van der Waals surface area contributed by atoms with E-state index in [4.69, 9.17) is 5.26 Å². The molecule has 0 atom stereocenters. The molecule has 0 amide bonds. The number of carbonyl (C=O) groups is 1. The van der Waals surface area contributed by atoms with E-state index < -0.39 is 16.2 Å². The van der Waals surface area contributed by atoms with Gasteiger partial charge in [-0.1, -0.05) is 0 Å². The van der Waals surface area contributed by atoms with Crippen LogP contribution in [0.15, 0.2) is 18.2 Å². The molecule has 0 saturated heterocycles. The first-order valence-electron chi connectivity index (χ1n) is 4.86. The third-order valence-electron chi connectivity index (χ3n) is 2.89. The maximum Gasteiger partial charge on any atom is 0.272 e. The molecule has 1 aliphatic rings. The number of Topliss-reactive ketones (excluding diaryl/α,β-unsaturated/α-hetero) is 1. The van der Waals surface area contributed by atoms with Gasteiger partial charge in [0.2, 0.25) is 0 Å². The van der Waals surface area contributed by atoms with Crippen molar-refractivity contribution >= 4 is 11.5 Å². The number of hydrogen-bond acceptors (Lipinski definition) is 4. The molecule has 0 N–H and O–H groups in total. The zero-order chi connectivity index (χ0) is 12.6. The van der Waals surface area contributed by atoms with Gasteiger partial charge in [0.15, 0.2) is 0 Å². The van der Waals surface area contributed by atoms with Gasteiger partial charge in [-0.25, -0.2) is 4.39 Å². The largest absolute Gasteiger partial charge is 0.300 e. The van der Waals surface area contributed by atoms with Crippen molar-refractivity contribution in [3.8, 4) is 6.07 Å².